The molecular formula is C23H14Cl3N3O4. The summed E-state index contributed by atoms with van der Waals surface area (Å²) in [7, 11) is 0. The number of imide groups is 1. The molecule has 3 aromatic carbocycles. The van der Waals surface area contributed by atoms with Gasteiger partial charge in [-0.1, -0.05) is 40.9 Å². The molecule has 0 atom stereocenters. The Hall–Kier alpha value is -3.52. The van der Waals surface area contributed by atoms with Gasteiger partial charge in [0.25, 0.3) is 17.7 Å². The molecule has 1 heterocycles. The highest BCUT2D eigenvalue weighted by Crippen LogP contribution is 2.33. The number of benzene rings is 3. The van der Waals surface area contributed by atoms with Crippen LogP contribution in [0.2, 0.25) is 10.0 Å². The molecule has 0 radical (unpaired) electrons. The normalized spacial score (nSPS) is 13.5. The molecule has 0 fully saturated rings. The molecule has 3 N–H and O–H groups in total. The van der Waals surface area contributed by atoms with Gasteiger partial charge < -0.3 is 15.7 Å². The van der Waals surface area contributed by atoms with Crippen LogP contribution in [0, 0.1) is 0 Å². The maximum atomic E-state index is 12.9. The van der Waals surface area contributed by atoms with Crippen LogP contribution in [0.5, 0.6) is 5.75 Å². The summed E-state index contributed by atoms with van der Waals surface area (Å²) < 4.78 is 0. The first kappa shape index (κ1) is 22.7. The van der Waals surface area contributed by atoms with Gasteiger partial charge in [0.2, 0.25) is 0 Å². The highest BCUT2D eigenvalue weighted by Gasteiger charge is 2.39. The van der Waals surface area contributed by atoms with Crippen LogP contribution in [0.1, 0.15) is 10.4 Å². The predicted molar refractivity (Wildman–Crippen MR) is 128 cm³/mol. The summed E-state index contributed by atoms with van der Waals surface area (Å²) in [6.45, 7) is 0. The van der Waals surface area contributed by atoms with E-state index in [2.05, 4.69) is 10.6 Å². The number of carbonyl (C=O) groups is 3. The van der Waals surface area contributed by atoms with Crippen molar-refractivity contribution in [2.45, 2.75) is 0 Å². The smallest absolute Gasteiger partial charge is 0.283 e. The Morgan fingerprint density at radius 3 is 2.12 bits per heavy atom. The minimum atomic E-state index is -0.718. The molecule has 166 valence electrons. The summed E-state index contributed by atoms with van der Waals surface area (Å²) in [5.41, 5.74) is 1.29. The SMILES string of the molecule is O=C(Nc1cccc(O)c1)c1ccc(NC2=C(Cl)C(=O)N(c3cc(Cl)cc(Cl)c3)C2=O)cc1. The van der Waals surface area contributed by atoms with E-state index >= 15 is 0 Å². The van der Waals surface area contributed by atoms with E-state index in [1.165, 1.54) is 42.5 Å². The van der Waals surface area contributed by atoms with Gasteiger partial charge in [0.1, 0.15) is 16.5 Å². The second kappa shape index (κ2) is 9.15. The lowest BCUT2D eigenvalue weighted by Gasteiger charge is -2.16. The Morgan fingerprint density at radius 1 is 0.818 bits per heavy atom. The fraction of sp³-hybridized carbons (Fsp3) is 0. The molecule has 0 saturated heterocycles. The van der Waals surface area contributed by atoms with E-state index in [-0.39, 0.29) is 38.1 Å². The van der Waals surface area contributed by atoms with Crippen molar-refractivity contribution in [3.05, 3.63) is 93.1 Å². The number of carbonyl (C=O) groups excluding carboxylic acids is 3. The molecule has 0 aliphatic carbocycles. The van der Waals surface area contributed by atoms with Gasteiger partial charge in [0, 0.05) is 33.0 Å². The van der Waals surface area contributed by atoms with Crippen molar-refractivity contribution in [2.75, 3.05) is 15.5 Å². The quantitative estimate of drug-likeness (QED) is 0.407. The Labute approximate surface area is 203 Å². The summed E-state index contributed by atoms with van der Waals surface area (Å²) in [6, 6.07) is 16.7. The topological polar surface area (TPSA) is 98.7 Å². The van der Waals surface area contributed by atoms with Gasteiger partial charge in [-0.05, 0) is 54.6 Å². The molecule has 4 rings (SSSR count). The van der Waals surface area contributed by atoms with E-state index in [0.717, 1.165) is 4.90 Å². The van der Waals surface area contributed by atoms with Gasteiger partial charge in [-0.15, -0.1) is 0 Å². The largest absolute Gasteiger partial charge is 0.508 e. The fourth-order valence-corrected chi connectivity index (χ4v) is 3.88. The molecule has 10 heteroatoms. The lowest BCUT2D eigenvalue weighted by Crippen LogP contribution is -2.32. The molecule has 0 saturated carbocycles. The molecule has 1 aliphatic rings. The monoisotopic (exact) mass is 501 g/mol. The average Bonchev–Trinajstić information content (AvgIpc) is 2.96. The van der Waals surface area contributed by atoms with Gasteiger partial charge >= 0.3 is 0 Å². The molecule has 1 aliphatic heterocycles. The third-order valence-corrected chi connectivity index (χ3v) is 5.44. The summed E-state index contributed by atoms with van der Waals surface area (Å²) in [4.78, 5) is 38.8. The number of aromatic hydroxyl groups is 1. The van der Waals surface area contributed by atoms with Crippen molar-refractivity contribution in [2.24, 2.45) is 0 Å². The number of hydrogen-bond donors (Lipinski definition) is 3. The second-order valence-electron chi connectivity index (χ2n) is 6.97. The Balaban J connectivity index is 1.50. The molecule has 3 aromatic rings. The van der Waals surface area contributed by atoms with Gasteiger partial charge in [0.15, 0.2) is 0 Å². The molecule has 33 heavy (non-hydrogen) atoms. The van der Waals surface area contributed by atoms with Crippen LogP contribution in [0.25, 0.3) is 0 Å². The number of amides is 3. The molecule has 0 bridgehead atoms. The Morgan fingerprint density at radius 2 is 1.48 bits per heavy atom. The first-order valence-corrected chi connectivity index (χ1v) is 10.6. The first-order valence-electron chi connectivity index (χ1n) is 9.45. The zero-order valence-electron chi connectivity index (χ0n) is 16.6. The zero-order valence-corrected chi connectivity index (χ0v) is 18.9. The summed E-state index contributed by atoms with van der Waals surface area (Å²) in [5.74, 6) is -1.75. The number of phenols is 1. The number of nitrogens with one attached hydrogen (secondary N) is 2. The molecular weight excluding hydrogens is 489 g/mol. The van der Waals surface area contributed by atoms with E-state index in [0.29, 0.717) is 16.9 Å². The molecule has 3 amide bonds. The summed E-state index contributed by atoms with van der Waals surface area (Å²) in [5, 5.41) is 15.2. The zero-order chi connectivity index (χ0) is 23.7. The molecule has 0 spiro atoms. The van der Waals surface area contributed by atoms with Gasteiger partial charge in [0.05, 0.1) is 5.69 Å². The number of anilines is 3. The minimum absolute atomic E-state index is 0.0300. The van der Waals surface area contributed by atoms with Crippen molar-refractivity contribution in [1.29, 1.82) is 0 Å². The third kappa shape index (κ3) is 4.80. The maximum Gasteiger partial charge on any atom is 0.283 e. The van der Waals surface area contributed by atoms with Crippen molar-refractivity contribution in [3.63, 3.8) is 0 Å². The van der Waals surface area contributed by atoms with Crippen LogP contribution in [0.4, 0.5) is 17.1 Å². The van der Waals surface area contributed by atoms with Crippen molar-refractivity contribution in [1.82, 2.24) is 0 Å². The Bertz CT molecular complexity index is 1300. The highest BCUT2D eigenvalue weighted by molar-refractivity contribution is 6.53. The van der Waals surface area contributed by atoms with E-state index in [1.54, 1.807) is 24.3 Å². The fourth-order valence-electron chi connectivity index (χ4n) is 3.15. The van der Waals surface area contributed by atoms with Crippen molar-refractivity contribution < 1.29 is 19.5 Å². The van der Waals surface area contributed by atoms with Gasteiger partial charge in [-0.2, -0.15) is 0 Å². The molecule has 0 unspecified atom stereocenters. The lowest BCUT2D eigenvalue weighted by molar-refractivity contribution is -0.120. The number of rotatable bonds is 5. The third-order valence-electron chi connectivity index (χ3n) is 4.65. The van der Waals surface area contributed by atoms with Crippen LogP contribution in [-0.4, -0.2) is 22.8 Å². The number of halogens is 3. The first-order chi connectivity index (χ1) is 15.7. The number of phenolic OH excluding ortho intramolecular Hbond substituents is 1. The minimum Gasteiger partial charge on any atom is -0.508 e. The van der Waals surface area contributed by atoms with E-state index in [9.17, 15) is 19.5 Å². The second-order valence-corrected chi connectivity index (χ2v) is 8.22. The maximum absolute atomic E-state index is 12.9. The van der Waals surface area contributed by atoms with Gasteiger partial charge in [-0.25, -0.2) is 4.90 Å². The van der Waals surface area contributed by atoms with Crippen molar-refractivity contribution >= 4 is 69.6 Å². The average molecular weight is 503 g/mol. The van der Waals surface area contributed by atoms with Crippen LogP contribution in [0.15, 0.2) is 77.5 Å². The lowest BCUT2D eigenvalue weighted by atomic mass is 10.2. The van der Waals surface area contributed by atoms with Crippen molar-refractivity contribution in [3.8, 4) is 5.75 Å². The Kier molecular flexibility index (Phi) is 6.29. The summed E-state index contributed by atoms with van der Waals surface area (Å²) in [6.07, 6.45) is 0. The standard InChI is InChI=1S/C23H14Cl3N3O4/c24-13-8-14(25)10-17(9-13)29-22(32)19(26)20(23(29)33)27-15-6-4-12(5-7-15)21(31)28-16-2-1-3-18(30)11-16/h1-11,27,30H,(H,28,31). The van der Waals surface area contributed by atoms with E-state index in [1.807, 2.05) is 0 Å². The highest BCUT2D eigenvalue weighted by atomic mass is 35.5. The molecule has 7 nitrogen and oxygen atoms in total. The number of hydrogen-bond acceptors (Lipinski definition) is 5. The van der Waals surface area contributed by atoms with Gasteiger partial charge in [-0.3, -0.25) is 14.4 Å². The van der Waals surface area contributed by atoms with Crippen LogP contribution in [-0.2, 0) is 9.59 Å². The molecule has 0 aromatic heterocycles. The van der Waals surface area contributed by atoms with Crippen LogP contribution in [0.3, 0.4) is 0 Å². The van der Waals surface area contributed by atoms with Crippen LogP contribution < -0.4 is 15.5 Å². The van der Waals surface area contributed by atoms with Crippen LogP contribution >= 0.6 is 34.8 Å². The number of nitrogens with zero attached hydrogens (tertiary/aromatic N) is 1. The summed E-state index contributed by atoms with van der Waals surface area (Å²) >= 11 is 18.1. The van der Waals surface area contributed by atoms with E-state index < -0.39 is 11.8 Å². The predicted octanol–water partition coefficient (Wildman–Crippen LogP) is 5.39. The van der Waals surface area contributed by atoms with E-state index in [4.69, 9.17) is 34.8 Å².